The third-order valence-electron chi connectivity index (χ3n) is 3.33. The van der Waals surface area contributed by atoms with Gasteiger partial charge < -0.3 is 10.1 Å². The fourth-order valence-electron chi connectivity index (χ4n) is 2.28. The lowest BCUT2D eigenvalue weighted by molar-refractivity contribution is 0.191. The second-order valence-corrected chi connectivity index (χ2v) is 5.03. The highest BCUT2D eigenvalue weighted by Crippen LogP contribution is 2.22. The predicted octanol–water partition coefficient (Wildman–Crippen LogP) is 1.60. The number of hydrogen-bond donors (Lipinski definition) is 1. The molecule has 3 rings (SSSR count). The smallest absolute Gasteiger partial charge is 0.323 e. The van der Waals surface area contributed by atoms with E-state index in [1.807, 2.05) is 0 Å². The van der Waals surface area contributed by atoms with Gasteiger partial charge in [-0.3, -0.25) is 0 Å². The molecule has 0 bridgehead atoms. The topological polar surface area (TPSA) is 90.6 Å². The summed E-state index contributed by atoms with van der Waals surface area (Å²) in [7, 11) is 0. The van der Waals surface area contributed by atoms with E-state index in [9.17, 15) is 0 Å². The van der Waals surface area contributed by atoms with E-state index in [0.717, 1.165) is 25.8 Å². The molecule has 8 nitrogen and oxygen atoms in total. The molecule has 21 heavy (non-hydrogen) atoms. The van der Waals surface area contributed by atoms with Crippen molar-refractivity contribution in [2.45, 2.75) is 45.1 Å². The van der Waals surface area contributed by atoms with Crippen LogP contribution in [0.25, 0.3) is 5.95 Å². The molecular weight excluding hydrogens is 270 g/mol. The van der Waals surface area contributed by atoms with Crippen molar-refractivity contribution < 1.29 is 4.74 Å². The average Bonchev–Trinajstić information content (AvgIpc) is 3.18. The van der Waals surface area contributed by atoms with Crippen LogP contribution < -0.4 is 10.1 Å². The van der Waals surface area contributed by atoms with Gasteiger partial charge in [-0.25, -0.2) is 4.98 Å². The van der Waals surface area contributed by atoms with Gasteiger partial charge in [0.2, 0.25) is 5.95 Å². The van der Waals surface area contributed by atoms with Gasteiger partial charge in [-0.2, -0.15) is 24.7 Å². The molecule has 1 aliphatic carbocycles. The molecular formula is C13H19N7O. The third kappa shape index (κ3) is 3.45. The molecule has 0 amide bonds. The van der Waals surface area contributed by atoms with E-state index in [4.69, 9.17) is 4.74 Å². The Labute approximate surface area is 123 Å². The molecule has 0 radical (unpaired) electrons. The van der Waals surface area contributed by atoms with Crippen LogP contribution in [0.2, 0.25) is 0 Å². The Hall–Kier alpha value is -2.25. The molecule has 0 aromatic carbocycles. The van der Waals surface area contributed by atoms with Crippen LogP contribution in [-0.4, -0.2) is 42.4 Å². The Morgan fingerprint density at radius 2 is 2.14 bits per heavy atom. The first-order valence-electron chi connectivity index (χ1n) is 7.37. The van der Waals surface area contributed by atoms with E-state index in [2.05, 4.69) is 37.3 Å². The fraction of sp³-hybridized carbons (Fsp3) is 0.615. The van der Waals surface area contributed by atoms with E-state index in [1.165, 1.54) is 23.9 Å². The number of ether oxygens (including phenoxy) is 1. The van der Waals surface area contributed by atoms with Crippen LogP contribution in [0.1, 0.15) is 39.0 Å². The van der Waals surface area contributed by atoms with Crippen molar-refractivity contribution in [1.82, 2.24) is 29.7 Å². The molecule has 1 fully saturated rings. The number of anilines is 1. The van der Waals surface area contributed by atoms with Crippen LogP contribution >= 0.6 is 0 Å². The van der Waals surface area contributed by atoms with Crippen LogP contribution in [0.15, 0.2) is 12.7 Å². The highest BCUT2D eigenvalue weighted by atomic mass is 16.5. The maximum Gasteiger partial charge on any atom is 0.323 e. The summed E-state index contributed by atoms with van der Waals surface area (Å²) in [4.78, 5) is 16.9. The number of nitrogens with one attached hydrogen (secondary N) is 1. The van der Waals surface area contributed by atoms with E-state index in [0.29, 0.717) is 17.9 Å². The first-order chi connectivity index (χ1) is 10.3. The zero-order valence-electron chi connectivity index (χ0n) is 12.1. The normalized spacial score (nSPS) is 15.3. The fourth-order valence-corrected chi connectivity index (χ4v) is 2.28. The summed E-state index contributed by atoms with van der Waals surface area (Å²) in [6, 6.07) is 0.348. The number of nitrogens with zero attached hydrogens (tertiary/aromatic N) is 6. The molecule has 0 atom stereocenters. The van der Waals surface area contributed by atoms with Gasteiger partial charge in [0.1, 0.15) is 18.8 Å². The molecule has 1 N–H and O–H groups in total. The molecule has 8 heteroatoms. The summed E-state index contributed by atoms with van der Waals surface area (Å²) in [5.41, 5.74) is 0. The first kappa shape index (κ1) is 13.7. The minimum Gasteiger partial charge on any atom is -0.460 e. The Kier molecular flexibility index (Phi) is 4.23. The second kappa shape index (κ2) is 6.47. The van der Waals surface area contributed by atoms with Gasteiger partial charge in [0.25, 0.3) is 5.95 Å². The SMILES string of the molecule is CCCNc1nc(OC2CCCC2)nc(-n2cncn2)n1. The van der Waals surface area contributed by atoms with Crippen LogP contribution in [0.5, 0.6) is 6.01 Å². The number of hydrogen-bond acceptors (Lipinski definition) is 7. The van der Waals surface area contributed by atoms with E-state index in [1.54, 1.807) is 6.33 Å². The minimum atomic E-state index is 0.204. The van der Waals surface area contributed by atoms with E-state index >= 15 is 0 Å². The molecule has 0 saturated heterocycles. The Bertz CT molecular complexity index is 566. The van der Waals surface area contributed by atoms with Crippen molar-refractivity contribution in [3.8, 4) is 12.0 Å². The quantitative estimate of drug-likeness (QED) is 0.863. The summed E-state index contributed by atoms with van der Waals surface area (Å²) < 4.78 is 7.37. The second-order valence-electron chi connectivity index (χ2n) is 5.03. The number of rotatable bonds is 6. The summed E-state index contributed by atoms with van der Waals surface area (Å²) in [6.07, 6.45) is 8.71. The summed E-state index contributed by atoms with van der Waals surface area (Å²) >= 11 is 0. The Morgan fingerprint density at radius 3 is 2.86 bits per heavy atom. The molecule has 1 aliphatic rings. The molecule has 2 heterocycles. The molecule has 1 saturated carbocycles. The van der Waals surface area contributed by atoms with Crippen LogP contribution in [0.4, 0.5) is 5.95 Å². The maximum absolute atomic E-state index is 5.87. The van der Waals surface area contributed by atoms with Gasteiger partial charge in [-0.05, 0) is 32.1 Å². The Balaban J connectivity index is 1.84. The Morgan fingerprint density at radius 1 is 1.29 bits per heavy atom. The van der Waals surface area contributed by atoms with E-state index < -0.39 is 0 Å². The summed E-state index contributed by atoms with van der Waals surface area (Å²) in [5.74, 6) is 0.916. The highest BCUT2D eigenvalue weighted by Gasteiger charge is 2.19. The van der Waals surface area contributed by atoms with Gasteiger partial charge in [0.15, 0.2) is 0 Å². The van der Waals surface area contributed by atoms with Crippen molar-refractivity contribution in [2.75, 3.05) is 11.9 Å². The van der Waals surface area contributed by atoms with Crippen molar-refractivity contribution in [3.05, 3.63) is 12.7 Å². The standard InChI is InChI=1S/C13H19N7O/c1-2-7-15-11-17-12(20-9-14-8-16-20)19-13(18-11)21-10-5-3-4-6-10/h8-10H,2-7H2,1H3,(H,15,17,18,19). The largest absolute Gasteiger partial charge is 0.460 e. The van der Waals surface area contributed by atoms with Crippen molar-refractivity contribution in [2.24, 2.45) is 0 Å². The van der Waals surface area contributed by atoms with Gasteiger partial charge >= 0.3 is 6.01 Å². The van der Waals surface area contributed by atoms with E-state index in [-0.39, 0.29) is 6.10 Å². The molecule has 2 aromatic rings. The minimum absolute atomic E-state index is 0.204. The highest BCUT2D eigenvalue weighted by molar-refractivity contribution is 5.29. The monoisotopic (exact) mass is 289 g/mol. The van der Waals surface area contributed by atoms with Crippen LogP contribution in [-0.2, 0) is 0 Å². The van der Waals surface area contributed by atoms with Crippen LogP contribution in [0, 0.1) is 0 Å². The molecule has 0 unspecified atom stereocenters. The van der Waals surface area contributed by atoms with Crippen molar-refractivity contribution >= 4 is 5.95 Å². The first-order valence-corrected chi connectivity index (χ1v) is 7.37. The number of aromatic nitrogens is 6. The zero-order chi connectivity index (χ0) is 14.5. The lowest BCUT2D eigenvalue weighted by Crippen LogP contribution is -2.16. The van der Waals surface area contributed by atoms with Gasteiger partial charge in [0, 0.05) is 6.54 Å². The lowest BCUT2D eigenvalue weighted by atomic mass is 10.3. The summed E-state index contributed by atoms with van der Waals surface area (Å²) in [6.45, 7) is 2.88. The lowest BCUT2D eigenvalue weighted by Gasteiger charge is -2.13. The zero-order valence-corrected chi connectivity index (χ0v) is 12.1. The molecule has 0 spiro atoms. The van der Waals surface area contributed by atoms with Gasteiger partial charge in [0.05, 0.1) is 0 Å². The maximum atomic E-state index is 5.87. The van der Waals surface area contributed by atoms with Gasteiger partial charge in [-0.1, -0.05) is 6.92 Å². The predicted molar refractivity (Wildman–Crippen MR) is 76.4 cm³/mol. The third-order valence-corrected chi connectivity index (χ3v) is 3.33. The summed E-state index contributed by atoms with van der Waals surface area (Å²) in [5, 5.41) is 7.21. The molecule has 112 valence electrons. The van der Waals surface area contributed by atoms with Crippen LogP contribution in [0.3, 0.4) is 0 Å². The van der Waals surface area contributed by atoms with Gasteiger partial charge in [-0.15, -0.1) is 0 Å². The van der Waals surface area contributed by atoms with Crippen molar-refractivity contribution in [3.63, 3.8) is 0 Å². The van der Waals surface area contributed by atoms with Crippen molar-refractivity contribution in [1.29, 1.82) is 0 Å². The average molecular weight is 289 g/mol. The molecule has 0 aliphatic heterocycles. The molecule has 2 aromatic heterocycles.